The van der Waals surface area contributed by atoms with Gasteiger partial charge in [0.1, 0.15) is 11.8 Å². The first kappa shape index (κ1) is 28.3. The molecule has 8 nitrogen and oxygen atoms in total. The van der Waals surface area contributed by atoms with Crippen LogP contribution in [0, 0.1) is 0 Å². The molecule has 200 valence electrons. The summed E-state index contributed by atoms with van der Waals surface area (Å²) in [6.07, 6.45) is 3.19. The van der Waals surface area contributed by atoms with Crippen molar-refractivity contribution in [3.63, 3.8) is 0 Å². The highest BCUT2D eigenvalue weighted by molar-refractivity contribution is 6.24. The molecule has 1 aromatic rings. The summed E-state index contributed by atoms with van der Waals surface area (Å²) < 4.78 is 5.85. The molecule has 3 rings (SSSR count). The van der Waals surface area contributed by atoms with Crippen molar-refractivity contribution < 1.29 is 23.9 Å². The van der Waals surface area contributed by atoms with Crippen LogP contribution in [0.25, 0.3) is 0 Å². The normalized spacial score (nSPS) is 18.9. The number of benzene rings is 1. The second kappa shape index (κ2) is 12.8. The Morgan fingerprint density at radius 2 is 1.68 bits per heavy atom. The molecule has 1 heterocycles. The van der Waals surface area contributed by atoms with Crippen molar-refractivity contribution in [2.75, 3.05) is 13.2 Å². The van der Waals surface area contributed by atoms with Crippen LogP contribution in [0.5, 0.6) is 5.75 Å². The highest BCUT2D eigenvalue weighted by Crippen LogP contribution is 2.27. The smallest absolute Gasteiger partial charge is 0.243 e. The van der Waals surface area contributed by atoms with Crippen LogP contribution in [0.4, 0.5) is 0 Å². The Labute approximate surface area is 219 Å². The van der Waals surface area contributed by atoms with Crippen molar-refractivity contribution in [1.82, 2.24) is 16.0 Å². The van der Waals surface area contributed by atoms with E-state index in [-0.39, 0.29) is 35.5 Å². The van der Waals surface area contributed by atoms with Crippen LogP contribution in [-0.4, -0.2) is 54.7 Å². The molecule has 8 heteroatoms. The maximum Gasteiger partial charge on any atom is 0.243 e. The van der Waals surface area contributed by atoms with E-state index < -0.39 is 6.04 Å². The second-order valence-corrected chi connectivity index (χ2v) is 10.2. The highest BCUT2D eigenvalue weighted by Gasteiger charge is 2.28. The maximum absolute atomic E-state index is 12.8. The highest BCUT2D eigenvalue weighted by atomic mass is 16.5. The fraction of sp³-hybridized carbons (Fsp3) is 0.517. The molecule has 3 N–H and O–H groups in total. The number of ketones is 2. The van der Waals surface area contributed by atoms with Crippen LogP contribution < -0.4 is 20.7 Å². The third-order valence-corrected chi connectivity index (χ3v) is 6.95. The summed E-state index contributed by atoms with van der Waals surface area (Å²) in [5, 5.41) is 8.98. The molecular formula is C29H39N3O5. The fourth-order valence-corrected chi connectivity index (χ4v) is 4.63. The summed E-state index contributed by atoms with van der Waals surface area (Å²) in [4.78, 5) is 50.3. The van der Waals surface area contributed by atoms with E-state index in [2.05, 4.69) is 16.0 Å². The Morgan fingerprint density at radius 1 is 1.00 bits per heavy atom. The van der Waals surface area contributed by atoms with Crippen LogP contribution >= 0.6 is 0 Å². The predicted molar refractivity (Wildman–Crippen MR) is 142 cm³/mol. The van der Waals surface area contributed by atoms with Gasteiger partial charge in [0.25, 0.3) is 0 Å². The van der Waals surface area contributed by atoms with E-state index >= 15 is 0 Å². The monoisotopic (exact) mass is 509 g/mol. The minimum absolute atomic E-state index is 0.0298. The molecule has 1 aromatic carbocycles. The third kappa shape index (κ3) is 7.38. The Hall–Kier alpha value is -3.26. The molecule has 0 saturated carbocycles. The lowest BCUT2D eigenvalue weighted by Gasteiger charge is -2.22. The van der Waals surface area contributed by atoms with E-state index in [1.807, 2.05) is 38.1 Å². The number of ether oxygens (including phenoxy) is 1. The lowest BCUT2D eigenvalue weighted by molar-refractivity contribution is -0.130. The number of carbonyl (C=O) groups excluding carboxylic acids is 4. The van der Waals surface area contributed by atoms with Gasteiger partial charge in [-0.2, -0.15) is 0 Å². The number of allylic oxidation sites excluding steroid dienone is 4. The number of hydrogen-bond donors (Lipinski definition) is 3. The molecule has 2 amide bonds. The first-order valence-electron chi connectivity index (χ1n) is 13.1. The topological polar surface area (TPSA) is 114 Å². The van der Waals surface area contributed by atoms with E-state index in [1.54, 1.807) is 20.8 Å². The SMILES string of the molecule is CC1=C(C)C(=O)C(CCCOc2ccc(C[C@H](NC(=O)[C@@H]3CCCN3)C(=O)NC(C)C)cc2)=C(C)C1=O. The zero-order valence-electron chi connectivity index (χ0n) is 22.5. The molecule has 37 heavy (non-hydrogen) atoms. The van der Waals surface area contributed by atoms with Crippen LogP contribution in [0.2, 0.25) is 0 Å². The minimum Gasteiger partial charge on any atom is -0.494 e. The first-order chi connectivity index (χ1) is 17.6. The molecule has 2 atom stereocenters. The molecule has 0 bridgehead atoms. The molecule has 0 spiro atoms. The number of carbonyl (C=O) groups is 4. The summed E-state index contributed by atoms with van der Waals surface area (Å²) >= 11 is 0. The quantitative estimate of drug-likeness (QED) is 0.312. The van der Waals surface area contributed by atoms with Crippen molar-refractivity contribution in [2.45, 2.75) is 84.8 Å². The van der Waals surface area contributed by atoms with Crippen molar-refractivity contribution >= 4 is 23.4 Å². The molecule has 1 saturated heterocycles. The van der Waals surface area contributed by atoms with Gasteiger partial charge in [-0.05, 0) is 84.5 Å². The lowest BCUT2D eigenvalue weighted by Crippen LogP contribution is -2.53. The summed E-state index contributed by atoms with van der Waals surface area (Å²) in [6, 6.07) is 6.49. The van der Waals surface area contributed by atoms with Gasteiger partial charge in [0.2, 0.25) is 11.8 Å². The van der Waals surface area contributed by atoms with Gasteiger partial charge in [0.15, 0.2) is 11.6 Å². The lowest BCUT2D eigenvalue weighted by atomic mass is 9.84. The molecular weight excluding hydrogens is 470 g/mol. The van der Waals surface area contributed by atoms with Gasteiger partial charge in [0.05, 0.1) is 12.6 Å². The summed E-state index contributed by atoms with van der Waals surface area (Å²) in [6.45, 7) is 10.1. The first-order valence-corrected chi connectivity index (χ1v) is 13.1. The number of hydrogen-bond acceptors (Lipinski definition) is 6. The van der Waals surface area contributed by atoms with Crippen LogP contribution in [-0.2, 0) is 25.6 Å². The molecule has 1 aliphatic carbocycles. The number of amides is 2. The van der Waals surface area contributed by atoms with Crippen molar-refractivity contribution in [1.29, 1.82) is 0 Å². The van der Waals surface area contributed by atoms with E-state index in [0.717, 1.165) is 24.9 Å². The largest absolute Gasteiger partial charge is 0.494 e. The van der Waals surface area contributed by atoms with Crippen LogP contribution in [0.1, 0.15) is 65.9 Å². The number of Topliss-reactive ketones (excluding diaryl/α,β-unsaturated/α-hetero) is 2. The average Bonchev–Trinajstić information content (AvgIpc) is 3.41. The zero-order chi connectivity index (χ0) is 27.1. The van der Waals surface area contributed by atoms with E-state index in [1.165, 1.54) is 0 Å². The second-order valence-electron chi connectivity index (χ2n) is 10.2. The molecule has 1 fully saturated rings. The van der Waals surface area contributed by atoms with E-state index in [4.69, 9.17) is 4.74 Å². The molecule has 0 aromatic heterocycles. The summed E-state index contributed by atoms with van der Waals surface area (Å²) in [5.41, 5.74) is 3.07. The zero-order valence-corrected chi connectivity index (χ0v) is 22.5. The summed E-state index contributed by atoms with van der Waals surface area (Å²) in [5.74, 6) is 0.216. The number of nitrogens with one attached hydrogen (secondary N) is 3. The fourth-order valence-electron chi connectivity index (χ4n) is 4.63. The Bertz CT molecular complexity index is 1100. The predicted octanol–water partition coefficient (Wildman–Crippen LogP) is 2.95. The van der Waals surface area contributed by atoms with E-state index in [9.17, 15) is 19.2 Å². The molecule has 0 radical (unpaired) electrons. The summed E-state index contributed by atoms with van der Waals surface area (Å²) in [7, 11) is 0. The van der Waals surface area contributed by atoms with Gasteiger partial charge in [-0.15, -0.1) is 0 Å². The third-order valence-electron chi connectivity index (χ3n) is 6.95. The van der Waals surface area contributed by atoms with Crippen LogP contribution in [0.15, 0.2) is 46.6 Å². The Morgan fingerprint density at radius 3 is 2.30 bits per heavy atom. The Kier molecular flexibility index (Phi) is 9.80. The van der Waals surface area contributed by atoms with Gasteiger partial charge in [0, 0.05) is 34.8 Å². The molecule has 0 unspecified atom stereocenters. The standard InChI is InChI=1S/C29H39N3O5/c1-17(2)31-29(36)25(32-28(35)24-9-6-14-30-24)16-21-10-12-22(13-11-21)37-15-7-8-23-20(5)26(33)18(3)19(4)27(23)34/h10-13,17,24-25,30H,6-9,14-16H2,1-5H3,(H,31,36)(H,32,35)/t24-,25-/m0/s1. The molecule has 1 aliphatic heterocycles. The van der Waals surface area contributed by atoms with Gasteiger partial charge < -0.3 is 20.7 Å². The average molecular weight is 510 g/mol. The van der Waals surface area contributed by atoms with Crippen molar-refractivity contribution in [3.05, 3.63) is 52.1 Å². The van der Waals surface area contributed by atoms with Gasteiger partial charge in [-0.25, -0.2) is 0 Å². The van der Waals surface area contributed by atoms with Gasteiger partial charge >= 0.3 is 0 Å². The number of rotatable bonds is 11. The van der Waals surface area contributed by atoms with Gasteiger partial charge in [-0.1, -0.05) is 12.1 Å². The van der Waals surface area contributed by atoms with Crippen LogP contribution in [0.3, 0.4) is 0 Å². The Balaban J connectivity index is 1.54. The molecule has 2 aliphatic rings. The van der Waals surface area contributed by atoms with Gasteiger partial charge in [-0.3, -0.25) is 19.2 Å². The maximum atomic E-state index is 12.8. The van der Waals surface area contributed by atoms with E-state index in [0.29, 0.717) is 53.9 Å². The van der Waals surface area contributed by atoms with Crippen molar-refractivity contribution in [2.24, 2.45) is 0 Å². The van der Waals surface area contributed by atoms with Crippen molar-refractivity contribution in [3.8, 4) is 5.75 Å². The minimum atomic E-state index is -0.669.